The van der Waals surface area contributed by atoms with Gasteiger partial charge in [-0.2, -0.15) is 0 Å². The fourth-order valence-corrected chi connectivity index (χ4v) is 2.84. The molecule has 0 bridgehead atoms. The van der Waals surface area contributed by atoms with Crippen molar-refractivity contribution in [2.75, 3.05) is 25.1 Å². The van der Waals surface area contributed by atoms with E-state index in [0.717, 1.165) is 42.1 Å². The molecule has 1 aliphatic rings. The third kappa shape index (κ3) is 1.98. The number of piperidine rings is 1. The molecule has 0 amide bonds. The maximum Gasteiger partial charge on any atom is 0.159 e. The van der Waals surface area contributed by atoms with E-state index in [1.54, 1.807) is 24.8 Å². The lowest BCUT2D eigenvalue weighted by Crippen LogP contribution is -2.37. The summed E-state index contributed by atoms with van der Waals surface area (Å²) in [6.45, 7) is 1.95. The van der Waals surface area contributed by atoms with Gasteiger partial charge in [-0.15, -0.1) is 11.3 Å². The molecule has 3 heterocycles. The van der Waals surface area contributed by atoms with Crippen LogP contribution in [0.4, 0.5) is 5.82 Å². The fourth-order valence-electron chi connectivity index (χ4n) is 2.22. The number of ether oxygens (including phenoxy) is 1. The van der Waals surface area contributed by atoms with Gasteiger partial charge in [0.1, 0.15) is 16.7 Å². The zero-order valence-electron chi connectivity index (χ0n) is 9.67. The summed E-state index contributed by atoms with van der Waals surface area (Å²) in [5.41, 5.74) is 2.75. The third-order valence-electron chi connectivity index (χ3n) is 3.19. The van der Waals surface area contributed by atoms with Crippen molar-refractivity contribution < 1.29 is 4.74 Å². The van der Waals surface area contributed by atoms with E-state index in [-0.39, 0.29) is 0 Å². The number of nitrogens with zero attached hydrogens (tertiary/aromatic N) is 4. The molecule has 1 fully saturated rings. The Morgan fingerprint density at radius 3 is 2.88 bits per heavy atom. The van der Waals surface area contributed by atoms with E-state index < -0.39 is 0 Å². The first-order chi connectivity index (χ1) is 8.38. The van der Waals surface area contributed by atoms with Crippen LogP contribution in [0.3, 0.4) is 0 Å². The summed E-state index contributed by atoms with van der Waals surface area (Å²) in [6.07, 6.45) is 4.11. The van der Waals surface area contributed by atoms with Crippen LogP contribution in [0.25, 0.3) is 10.3 Å². The minimum absolute atomic E-state index is 0.388. The van der Waals surface area contributed by atoms with E-state index in [0.29, 0.717) is 6.10 Å². The van der Waals surface area contributed by atoms with Crippen LogP contribution in [0.2, 0.25) is 0 Å². The first kappa shape index (κ1) is 10.9. The minimum atomic E-state index is 0.388. The van der Waals surface area contributed by atoms with Gasteiger partial charge >= 0.3 is 0 Å². The van der Waals surface area contributed by atoms with Crippen molar-refractivity contribution >= 4 is 27.5 Å². The van der Waals surface area contributed by atoms with Crippen LogP contribution < -0.4 is 4.90 Å². The molecule has 0 atom stereocenters. The third-order valence-corrected chi connectivity index (χ3v) is 3.92. The fraction of sp³-hybridized carbons (Fsp3) is 0.545. The molecule has 0 spiro atoms. The summed E-state index contributed by atoms with van der Waals surface area (Å²) in [4.78, 5) is 16.2. The highest BCUT2D eigenvalue weighted by atomic mass is 32.1. The Morgan fingerprint density at radius 1 is 1.29 bits per heavy atom. The molecule has 0 unspecified atom stereocenters. The van der Waals surface area contributed by atoms with Crippen LogP contribution >= 0.6 is 11.3 Å². The van der Waals surface area contributed by atoms with E-state index in [1.165, 1.54) is 0 Å². The molecule has 0 aromatic carbocycles. The molecule has 1 saturated heterocycles. The first-order valence-electron chi connectivity index (χ1n) is 5.70. The molecule has 0 aliphatic carbocycles. The van der Waals surface area contributed by atoms with Crippen molar-refractivity contribution in [3.8, 4) is 0 Å². The molecule has 1 aliphatic heterocycles. The Labute approximate surface area is 103 Å². The van der Waals surface area contributed by atoms with E-state index in [2.05, 4.69) is 19.9 Å². The number of anilines is 1. The van der Waals surface area contributed by atoms with Gasteiger partial charge in [-0.1, -0.05) is 0 Å². The van der Waals surface area contributed by atoms with E-state index in [4.69, 9.17) is 4.74 Å². The zero-order valence-corrected chi connectivity index (χ0v) is 10.5. The molecule has 5 nitrogen and oxygen atoms in total. The molecule has 17 heavy (non-hydrogen) atoms. The molecule has 2 aromatic rings. The Kier molecular flexibility index (Phi) is 2.90. The minimum Gasteiger partial charge on any atom is -0.381 e. The lowest BCUT2D eigenvalue weighted by atomic mass is 10.1. The number of rotatable bonds is 2. The molecule has 0 radical (unpaired) electrons. The highest BCUT2D eigenvalue weighted by Gasteiger charge is 2.21. The largest absolute Gasteiger partial charge is 0.381 e. The van der Waals surface area contributed by atoms with Gasteiger partial charge in [0.2, 0.25) is 0 Å². The molecule has 0 N–H and O–H groups in total. The lowest BCUT2D eigenvalue weighted by Gasteiger charge is -2.31. The number of thiazole rings is 1. The van der Waals surface area contributed by atoms with E-state index in [1.807, 2.05) is 5.51 Å². The van der Waals surface area contributed by atoms with Crippen LogP contribution in [0.15, 0.2) is 11.8 Å². The molecule has 6 heteroatoms. The molecule has 90 valence electrons. The van der Waals surface area contributed by atoms with Crippen molar-refractivity contribution in [1.29, 1.82) is 0 Å². The number of aromatic nitrogens is 3. The summed E-state index contributed by atoms with van der Waals surface area (Å²) in [5, 5.41) is 0. The van der Waals surface area contributed by atoms with Crippen LogP contribution in [0.1, 0.15) is 12.8 Å². The lowest BCUT2D eigenvalue weighted by molar-refractivity contribution is 0.0818. The number of hydrogen-bond donors (Lipinski definition) is 0. The number of fused-ring (bicyclic) bond motifs is 1. The van der Waals surface area contributed by atoms with Gasteiger partial charge in [0.15, 0.2) is 5.82 Å². The van der Waals surface area contributed by atoms with Gasteiger partial charge in [-0.25, -0.2) is 15.0 Å². The van der Waals surface area contributed by atoms with E-state index in [9.17, 15) is 0 Å². The van der Waals surface area contributed by atoms with Gasteiger partial charge in [-0.05, 0) is 12.8 Å². The second-order valence-corrected chi connectivity index (χ2v) is 4.96. The zero-order chi connectivity index (χ0) is 11.7. The Bertz CT molecular complexity index is 507. The van der Waals surface area contributed by atoms with Crippen LogP contribution in [-0.2, 0) is 4.74 Å². The second kappa shape index (κ2) is 4.54. The SMILES string of the molecule is COC1CCN(c2ncnc3scnc23)CC1. The van der Waals surface area contributed by atoms with Crippen molar-refractivity contribution in [3.63, 3.8) is 0 Å². The van der Waals surface area contributed by atoms with Gasteiger partial charge in [0.05, 0.1) is 11.6 Å². The smallest absolute Gasteiger partial charge is 0.159 e. The average Bonchev–Trinajstić information content (AvgIpc) is 2.87. The quantitative estimate of drug-likeness (QED) is 0.812. The molecular formula is C11H14N4OS. The predicted molar refractivity (Wildman–Crippen MR) is 67.5 cm³/mol. The Balaban J connectivity index is 1.87. The summed E-state index contributed by atoms with van der Waals surface area (Å²) >= 11 is 1.56. The second-order valence-electron chi connectivity index (χ2n) is 4.13. The predicted octanol–water partition coefficient (Wildman–Crippen LogP) is 1.70. The highest BCUT2D eigenvalue weighted by Crippen LogP contribution is 2.26. The maximum absolute atomic E-state index is 5.37. The van der Waals surface area contributed by atoms with Crippen LogP contribution in [-0.4, -0.2) is 41.3 Å². The topological polar surface area (TPSA) is 51.1 Å². The van der Waals surface area contributed by atoms with Crippen LogP contribution in [0.5, 0.6) is 0 Å². The van der Waals surface area contributed by atoms with Crippen LogP contribution in [0, 0.1) is 0 Å². The summed E-state index contributed by atoms with van der Waals surface area (Å²) in [6, 6.07) is 0. The van der Waals surface area contributed by atoms with Gasteiger partial charge < -0.3 is 9.64 Å². The van der Waals surface area contributed by atoms with Gasteiger partial charge in [0, 0.05) is 20.2 Å². The molecule has 3 rings (SSSR count). The monoisotopic (exact) mass is 250 g/mol. The first-order valence-corrected chi connectivity index (χ1v) is 6.58. The van der Waals surface area contributed by atoms with Crippen molar-refractivity contribution in [1.82, 2.24) is 15.0 Å². The van der Waals surface area contributed by atoms with Crippen molar-refractivity contribution in [2.45, 2.75) is 18.9 Å². The molecule has 0 saturated carbocycles. The number of hydrogen-bond acceptors (Lipinski definition) is 6. The average molecular weight is 250 g/mol. The van der Waals surface area contributed by atoms with Crippen molar-refractivity contribution in [2.24, 2.45) is 0 Å². The van der Waals surface area contributed by atoms with Crippen molar-refractivity contribution in [3.05, 3.63) is 11.8 Å². The summed E-state index contributed by atoms with van der Waals surface area (Å²) in [7, 11) is 1.78. The van der Waals surface area contributed by atoms with E-state index >= 15 is 0 Å². The normalized spacial score (nSPS) is 17.8. The summed E-state index contributed by atoms with van der Waals surface area (Å²) in [5.74, 6) is 0.964. The van der Waals surface area contributed by atoms with Gasteiger partial charge in [0.25, 0.3) is 0 Å². The molecular weight excluding hydrogens is 236 g/mol. The molecule has 2 aromatic heterocycles. The van der Waals surface area contributed by atoms with Gasteiger partial charge in [-0.3, -0.25) is 0 Å². The Morgan fingerprint density at radius 2 is 2.12 bits per heavy atom. The maximum atomic E-state index is 5.37. The summed E-state index contributed by atoms with van der Waals surface area (Å²) < 4.78 is 5.37. The Hall–Kier alpha value is -1.27. The standard InChI is InChI=1S/C11H14N4OS/c1-16-8-2-4-15(5-3-8)10-9-11(13-6-12-10)17-7-14-9/h6-8H,2-5H2,1H3. The highest BCUT2D eigenvalue weighted by molar-refractivity contribution is 7.16. The number of methoxy groups -OCH3 is 1.